The summed E-state index contributed by atoms with van der Waals surface area (Å²) in [5, 5.41) is 2.25. The molecule has 232 valence electrons. The minimum atomic E-state index is 0.877. The highest BCUT2D eigenvalue weighted by atomic mass is 16.3. The van der Waals surface area contributed by atoms with E-state index in [9.17, 15) is 0 Å². The van der Waals surface area contributed by atoms with Gasteiger partial charge in [-0.15, -0.1) is 0 Å². The summed E-state index contributed by atoms with van der Waals surface area (Å²) in [5.41, 5.74) is 16.3. The smallest absolute Gasteiger partial charge is 0.137 e. The molecule has 0 radical (unpaired) electrons. The number of allylic oxidation sites excluding steroid dienone is 1. The Bertz CT molecular complexity index is 2550. The molecule has 7 aromatic carbocycles. The molecule has 0 saturated heterocycles. The zero-order chi connectivity index (χ0) is 32.3. The zero-order valence-electron chi connectivity index (χ0n) is 26.9. The maximum atomic E-state index is 6.40. The number of nitrogens with zero attached hydrogens (tertiary/aromatic N) is 2. The second-order valence-electron chi connectivity index (χ2n) is 12.9. The first-order valence-corrected chi connectivity index (χ1v) is 17.0. The summed E-state index contributed by atoms with van der Waals surface area (Å²) in [4.78, 5) is 4.81. The van der Waals surface area contributed by atoms with Gasteiger partial charge in [-0.3, -0.25) is 0 Å². The van der Waals surface area contributed by atoms with E-state index in [2.05, 4.69) is 168 Å². The van der Waals surface area contributed by atoms with Gasteiger partial charge in [0.05, 0.1) is 11.4 Å². The van der Waals surface area contributed by atoms with E-state index in [1.807, 2.05) is 12.1 Å². The summed E-state index contributed by atoms with van der Waals surface area (Å²) >= 11 is 0. The van der Waals surface area contributed by atoms with Crippen LogP contribution in [0.15, 0.2) is 174 Å². The fourth-order valence-corrected chi connectivity index (χ4v) is 7.80. The van der Waals surface area contributed by atoms with Crippen molar-refractivity contribution in [3.8, 4) is 22.3 Å². The lowest BCUT2D eigenvalue weighted by Gasteiger charge is -2.39. The van der Waals surface area contributed by atoms with Crippen molar-refractivity contribution in [1.29, 1.82) is 0 Å². The molecule has 0 N–H and O–H groups in total. The average molecular weight is 629 g/mol. The molecular formula is C46H32N2O. The summed E-state index contributed by atoms with van der Waals surface area (Å²) < 4.78 is 6.40. The molecule has 3 nitrogen and oxygen atoms in total. The quantitative estimate of drug-likeness (QED) is 0.189. The number of fused-ring (bicyclic) bond motifs is 5. The van der Waals surface area contributed by atoms with E-state index in [1.54, 1.807) is 0 Å². The molecular weight excluding hydrogens is 597 g/mol. The highest BCUT2D eigenvalue weighted by molar-refractivity contribution is 6.07. The van der Waals surface area contributed by atoms with Gasteiger partial charge in [0.15, 0.2) is 0 Å². The number of furan rings is 1. The first-order valence-electron chi connectivity index (χ1n) is 17.0. The van der Waals surface area contributed by atoms with Crippen molar-refractivity contribution in [3.05, 3.63) is 181 Å². The SMILES string of the molecule is C1=C2c3c(cccc3-c3ccc(N(c4ccc(-c5ccccc5)cc4)c4ccc5c(c4)oc4ccccc45)cc3N2c2ccccc2)CC1. The first kappa shape index (κ1) is 27.8. The number of hydrogen-bond donors (Lipinski definition) is 0. The van der Waals surface area contributed by atoms with E-state index in [0.29, 0.717) is 0 Å². The molecule has 3 heteroatoms. The fraction of sp³-hybridized carbons (Fsp3) is 0.0435. The average Bonchev–Trinajstić information content (AvgIpc) is 3.54. The molecule has 10 rings (SSSR count). The second kappa shape index (κ2) is 11.1. The third-order valence-electron chi connectivity index (χ3n) is 10.0. The Labute approximate surface area is 285 Å². The van der Waals surface area contributed by atoms with Gasteiger partial charge in [-0.2, -0.15) is 0 Å². The maximum Gasteiger partial charge on any atom is 0.137 e. The van der Waals surface area contributed by atoms with Crippen LogP contribution in [0, 0.1) is 0 Å². The van der Waals surface area contributed by atoms with Crippen LogP contribution in [0.2, 0.25) is 0 Å². The monoisotopic (exact) mass is 628 g/mol. The Morgan fingerprint density at radius 1 is 0.510 bits per heavy atom. The molecule has 0 unspecified atom stereocenters. The molecule has 8 aromatic rings. The van der Waals surface area contributed by atoms with Crippen molar-refractivity contribution in [1.82, 2.24) is 0 Å². The number of para-hydroxylation sites is 2. The summed E-state index contributed by atoms with van der Waals surface area (Å²) in [6, 6.07) is 58.9. The molecule has 0 saturated carbocycles. The molecule has 1 aliphatic heterocycles. The molecule has 1 aliphatic carbocycles. The summed E-state index contributed by atoms with van der Waals surface area (Å²) in [6.45, 7) is 0. The second-order valence-corrected chi connectivity index (χ2v) is 12.9. The predicted octanol–water partition coefficient (Wildman–Crippen LogP) is 12.8. The topological polar surface area (TPSA) is 19.6 Å². The van der Waals surface area contributed by atoms with E-state index >= 15 is 0 Å². The van der Waals surface area contributed by atoms with Gasteiger partial charge < -0.3 is 14.2 Å². The third-order valence-corrected chi connectivity index (χ3v) is 10.0. The van der Waals surface area contributed by atoms with E-state index < -0.39 is 0 Å². The van der Waals surface area contributed by atoms with Crippen molar-refractivity contribution in [3.63, 3.8) is 0 Å². The van der Waals surface area contributed by atoms with Crippen molar-refractivity contribution in [2.45, 2.75) is 12.8 Å². The van der Waals surface area contributed by atoms with Crippen LogP contribution in [0.5, 0.6) is 0 Å². The fourth-order valence-electron chi connectivity index (χ4n) is 7.80. The summed E-state index contributed by atoms with van der Waals surface area (Å²) in [7, 11) is 0. The third kappa shape index (κ3) is 4.51. The van der Waals surface area contributed by atoms with Crippen molar-refractivity contribution >= 4 is 56.1 Å². The lowest BCUT2D eigenvalue weighted by Crippen LogP contribution is -2.24. The van der Waals surface area contributed by atoms with Crippen LogP contribution >= 0.6 is 0 Å². The van der Waals surface area contributed by atoms with Gasteiger partial charge >= 0.3 is 0 Å². The predicted molar refractivity (Wildman–Crippen MR) is 204 cm³/mol. The summed E-state index contributed by atoms with van der Waals surface area (Å²) in [6.07, 6.45) is 4.52. The van der Waals surface area contributed by atoms with Crippen molar-refractivity contribution < 1.29 is 4.42 Å². The highest BCUT2D eigenvalue weighted by Crippen LogP contribution is 2.52. The van der Waals surface area contributed by atoms with E-state index in [0.717, 1.165) is 57.5 Å². The van der Waals surface area contributed by atoms with Gasteiger partial charge in [0.1, 0.15) is 11.2 Å². The van der Waals surface area contributed by atoms with Crippen LogP contribution in [0.3, 0.4) is 0 Å². The van der Waals surface area contributed by atoms with E-state index in [-0.39, 0.29) is 0 Å². The molecule has 2 heterocycles. The van der Waals surface area contributed by atoms with Gasteiger partial charge in [0.2, 0.25) is 0 Å². The Kier molecular flexibility index (Phi) is 6.31. The van der Waals surface area contributed by atoms with Crippen LogP contribution < -0.4 is 9.80 Å². The minimum Gasteiger partial charge on any atom is -0.456 e. The van der Waals surface area contributed by atoms with Gasteiger partial charge in [0, 0.05) is 50.7 Å². The first-order chi connectivity index (χ1) is 24.3. The molecule has 0 spiro atoms. The normalized spacial score (nSPS) is 13.2. The Morgan fingerprint density at radius 3 is 2.06 bits per heavy atom. The van der Waals surface area contributed by atoms with Crippen LogP contribution in [0.1, 0.15) is 17.5 Å². The number of rotatable bonds is 5. The van der Waals surface area contributed by atoms with Crippen molar-refractivity contribution in [2.75, 3.05) is 9.80 Å². The highest BCUT2D eigenvalue weighted by Gasteiger charge is 2.32. The van der Waals surface area contributed by atoms with Crippen LogP contribution in [-0.4, -0.2) is 0 Å². The molecule has 0 fully saturated rings. The standard InChI is InChI=1S/C46H32N2O/c1-3-11-31(12-4-1)32-21-23-35(24-22-32)47(37-26-28-40-39-17-7-8-20-44(39)49-45(40)30-37)36-25-27-38-41-18-9-13-33-14-10-19-42(46(33)41)48(43(38)29-36)34-15-5-2-6-16-34/h1-9,11-13,15-30H,10,14H2. The number of hydrogen-bond acceptors (Lipinski definition) is 3. The molecule has 0 amide bonds. The largest absolute Gasteiger partial charge is 0.456 e. The maximum absolute atomic E-state index is 6.40. The van der Waals surface area contributed by atoms with E-state index in [1.165, 1.54) is 44.8 Å². The van der Waals surface area contributed by atoms with Crippen LogP contribution in [0.4, 0.5) is 28.4 Å². The molecule has 0 bridgehead atoms. The molecule has 1 aromatic heterocycles. The Balaban J connectivity index is 1.18. The van der Waals surface area contributed by atoms with Gasteiger partial charge in [0.25, 0.3) is 0 Å². The Morgan fingerprint density at radius 2 is 1.20 bits per heavy atom. The molecule has 0 atom stereocenters. The van der Waals surface area contributed by atoms with E-state index in [4.69, 9.17) is 4.42 Å². The molecule has 2 aliphatic rings. The lowest BCUT2D eigenvalue weighted by molar-refractivity contribution is 0.669. The van der Waals surface area contributed by atoms with Gasteiger partial charge in [-0.25, -0.2) is 0 Å². The van der Waals surface area contributed by atoms with Gasteiger partial charge in [-0.1, -0.05) is 109 Å². The minimum absolute atomic E-state index is 0.877. The number of benzene rings is 7. The summed E-state index contributed by atoms with van der Waals surface area (Å²) in [5.74, 6) is 0. The molecule has 49 heavy (non-hydrogen) atoms. The van der Waals surface area contributed by atoms with Gasteiger partial charge in [-0.05, 0) is 89.7 Å². The lowest BCUT2D eigenvalue weighted by atomic mass is 9.83. The zero-order valence-corrected chi connectivity index (χ0v) is 26.9. The van der Waals surface area contributed by atoms with Crippen molar-refractivity contribution in [2.24, 2.45) is 0 Å². The van der Waals surface area contributed by atoms with Crippen LogP contribution in [0.25, 0.3) is 49.9 Å². The van der Waals surface area contributed by atoms with Crippen LogP contribution in [-0.2, 0) is 6.42 Å². The number of anilines is 5. The number of aryl methyl sites for hydroxylation is 1. The Hall–Kier alpha value is -6.32.